The van der Waals surface area contributed by atoms with Crippen LogP contribution in [0.1, 0.15) is 36.7 Å². The summed E-state index contributed by atoms with van der Waals surface area (Å²) in [4.78, 5) is 12.2. The second kappa shape index (κ2) is 6.06. The van der Waals surface area contributed by atoms with E-state index in [1.54, 1.807) is 19.2 Å². The van der Waals surface area contributed by atoms with Crippen molar-refractivity contribution in [1.82, 2.24) is 5.32 Å². The fourth-order valence-corrected chi connectivity index (χ4v) is 1.83. The number of hydrogen-bond donors (Lipinski definition) is 2. The van der Waals surface area contributed by atoms with Crippen LogP contribution in [0.5, 0.6) is 5.75 Å². The van der Waals surface area contributed by atoms with Gasteiger partial charge in [0.25, 0.3) is 5.91 Å². The summed E-state index contributed by atoms with van der Waals surface area (Å²) in [6, 6.07) is 5.36. The number of benzene rings is 1. The zero-order valence-electron chi connectivity index (χ0n) is 12.4. The number of carbonyl (C=O) groups is 1. The predicted octanol–water partition coefficient (Wildman–Crippen LogP) is 2.11. The van der Waals surface area contributed by atoms with Crippen molar-refractivity contribution in [2.45, 2.75) is 33.7 Å². The number of rotatable bonds is 4. The lowest BCUT2D eigenvalue weighted by molar-refractivity contribution is 0.0905. The number of methoxy groups -OCH3 is 1. The van der Waals surface area contributed by atoms with Crippen molar-refractivity contribution in [3.8, 4) is 5.75 Å². The van der Waals surface area contributed by atoms with Crippen LogP contribution in [0.2, 0.25) is 0 Å². The lowest BCUT2D eigenvalue weighted by atomic mass is 9.86. The molecule has 0 saturated heterocycles. The first-order valence-corrected chi connectivity index (χ1v) is 6.45. The number of ether oxygens (including phenoxy) is 1. The molecule has 1 atom stereocenters. The number of nitrogens with two attached hydrogens (primary N) is 1. The molecular weight excluding hydrogens is 240 g/mol. The third kappa shape index (κ3) is 3.96. The van der Waals surface area contributed by atoms with Gasteiger partial charge < -0.3 is 15.8 Å². The number of aryl methyl sites for hydroxylation is 1. The van der Waals surface area contributed by atoms with Crippen molar-refractivity contribution >= 4 is 5.91 Å². The molecule has 0 heterocycles. The van der Waals surface area contributed by atoms with Crippen molar-refractivity contribution in [3.63, 3.8) is 0 Å². The van der Waals surface area contributed by atoms with Gasteiger partial charge in [0, 0.05) is 18.2 Å². The molecule has 19 heavy (non-hydrogen) atoms. The van der Waals surface area contributed by atoms with E-state index in [0.717, 1.165) is 5.56 Å². The summed E-state index contributed by atoms with van der Waals surface area (Å²) in [5.74, 6) is 0.594. The van der Waals surface area contributed by atoms with E-state index in [9.17, 15) is 4.79 Å². The van der Waals surface area contributed by atoms with Crippen molar-refractivity contribution < 1.29 is 9.53 Å². The van der Waals surface area contributed by atoms with Crippen LogP contribution in [0.4, 0.5) is 0 Å². The summed E-state index contributed by atoms with van der Waals surface area (Å²) in [7, 11) is 1.60. The Bertz CT molecular complexity index is 450. The third-order valence-corrected chi connectivity index (χ3v) is 3.26. The zero-order chi connectivity index (χ0) is 14.6. The molecule has 4 nitrogen and oxygen atoms in total. The van der Waals surface area contributed by atoms with Gasteiger partial charge in [-0.15, -0.1) is 0 Å². The summed E-state index contributed by atoms with van der Waals surface area (Å²) >= 11 is 0. The van der Waals surface area contributed by atoms with Crippen LogP contribution in [-0.2, 0) is 0 Å². The van der Waals surface area contributed by atoms with Gasteiger partial charge in [0.15, 0.2) is 0 Å². The van der Waals surface area contributed by atoms with E-state index in [-0.39, 0.29) is 17.4 Å². The molecule has 0 aliphatic rings. The van der Waals surface area contributed by atoms with Crippen molar-refractivity contribution in [2.75, 3.05) is 13.7 Å². The van der Waals surface area contributed by atoms with Gasteiger partial charge in [-0.2, -0.15) is 0 Å². The van der Waals surface area contributed by atoms with Crippen LogP contribution >= 0.6 is 0 Å². The molecular formula is C15H24N2O2. The Morgan fingerprint density at radius 3 is 2.53 bits per heavy atom. The quantitative estimate of drug-likeness (QED) is 0.875. The van der Waals surface area contributed by atoms with Gasteiger partial charge in [-0.25, -0.2) is 0 Å². The molecule has 0 bridgehead atoms. The first kappa shape index (κ1) is 15.5. The van der Waals surface area contributed by atoms with E-state index in [2.05, 4.69) is 26.1 Å². The number of nitrogens with one attached hydrogen (secondary N) is 1. The zero-order valence-corrected chi connectivity index (χ0v) is 12.4. The van der Waals surface area contributed by atoms with E-state index >= 15 is 0 Å². The lowest BCUT2D eigenvalue weighted by Crippen LogP contribution is -2.48. The minimum absolute atomic E-state index is 0.0627. The molecule has 0 fully saturated rings. The molecule has 3 N–H and O–H groups in total. The van der Waals surface area contributed by atoms with Gasteiger partial charge in [-0.05, 0) is 30.0 Å². The average molecular weight is 264 g/mol. The Labute approximate surface area is 115 Å². The van der Waals surface area contributed by atoms with Crippen molar-refractivity contribution in [3.05, 3.63) is 29.3 Å². The van der Waals surface area contributed by atoms with E-state index in [4.69, 9.17) is 10.5 Å². The van der Waals surface area contributed by atoms with Gasteiger partial charge in [0.2, 0.25) is 0 Å². The van der Waals surface area contributed by atoms with E-state index in [0.29, 0.717) is 17.9 Å². The van der Waals surface area contributed by atoms with Gasteiger partial charge in [-0.1, -0.05) is 26.8 Å². The van der Waals surface area contributed by atoms with E-state index in [1.165, 1.54) is 0 Å². The minimum Gasteiger partial charge on any atom is -0.496 e. The molecule has 0 aliphatic carbocycles. The smallest absolute Gasteiger partial charge is 0.251 e. The largest absolute Gasteiger partial charge is 0.496 e. The highest BCUT2D eigenvalue weighted by atomic mass is 16.5. The monoisotopic (exact) mass is 264 g/mol. The molecule has 1 aromatic rings. The first-order valence-electron chi connectivity index (χ1n) is 6.45. The molecule has 0 saturated carbocycles. The Balaban J connectivity index is 2.89. The van der Waals surface area contributed by atoms with Gasteiger partial charge >= 0.3 is 0 Å². The molecule has 0 radical (unpaired) electrons. The SMILES string of the molecule is COc1cc(C(=O)NC(CN)C(C)(C)C)ccc1C. The molecule has 1 amide bonds. The second-order valence-corrected chi connectivity index (χ2v) is 5.81. The second-order valence-electron chi connectivity index (χ2n) is 5.81. The Morgan fingerprint density at radius 2 is 2.05 bits per heavy atom. The fourth-order valence-electron chi connectivity index (χ4n) is 1.83. The Hall–Kier alpha value is -1.55. The molecule has 0 aromatic heterocycles. The number of amides is 1. The highest BCUT2D eigenvalue weighted by molar-refractivity contribution is 5.95. The van der Waals surface area contributed by atoms with Gasteiger partial charge in [-0.3, -0.25) is 4.79 Å². The van der Waals surface area contributed by atoms with Crippen molar-refractivity contribution in [1.29, 1.82) is 0 Å². The summed E-state index contributed by atoms with van der Waals surface area (Å²) in [5.41, 5.74) is 7.25. The summed E-state index contributed by atoms with van der Waals surface area (Å²) in [5, 5.41) is 2.97. The molecule has 106 valence electrons. The van der Waals surface area contributed by atoms with Crippen LogP contribution in [0, 0.1) is 12.3 Å². The van der Waals surface area contributed by atoms with Crippen LogP contribution in [0.25, 0.3) is 0 Å². The Kier molecular flexibility index (Phi) is 4.95. The van der Waals surface area contributed by atoms with Crippen LogP contribution in [0.3, 0.4) is 0 Å². The normalized spacial score (nSPS) is 12.9. The highest BCUT2D eigenvalue weighted by Gasteiger charge is 2.25. The van der Waals surface area contributed by atoms with E-state index < -0.39 is 0 Å². The molecule has 1 unspecified atom stereocenters. The van der Waals surface area contributed by atoms with E-state index in [1.807, 2.05) is 13.0 Å². The fraction of sp³-hybridized carbons (Fsp3) is 0.533. The van der Waals surface area contributed by atoms with Crippen LogP contribution in [-0.4, -0.2) is 25.6 Å². The molecule has 0 spiro atoms. The first-order chi connectivity index (χ1) is 8.79. The molecule has 0 aliphatic heterocycles. The van der Waals surface area contributed by atoms with Gasteiger partial charge in [0.05, 0.1) is 7.11 Å². The summed E-state index contributed by atoms with van der Waals surface area (Å²) < 4.78 is 5.23. The molecule has 1 aromatic carbocycles. The maximum atomic E-state index is 12.2. The molecule has 1 rings (SSSR count). The molecule has 4 heteroatoms. The summed E-state index contributed by atoms with van der Waals surface area (Å²) in [6.07, 6.45) is 0. The minimum atomic E-state index is -0.122. The lowest BCUT2D eigenvalue weighted by Gasteiger charge is -2.30. The van der Waals surface area contributed by atoms with Crippen LogP contribution < -0.4 is 15.8 Å². The number of hydrogen-bond acceptors (Lipinski definition) is 3. The topological polar surface area (TPSA) is 64.3 Å². The number of carbonyl (C=O) groups excluding carboxylic acids is 1. The van der Waals surface area contributed by atoms with Crippen LogP contribution in [0.15, 0.2) is 18.2 Å². The maximum absolute atomic E-state index is 12.2. The van der Waals surface area contributed by atoms with Gasteiger partial charge in [0.1, 0.15) is 5.75 Å². The maximum Gasteiger partial charge on any atom is 0.251 e. The predicted molar refractivity (Wildman–Crippen MR) is 77.5 cm³/mol. The average Bonchev–Trinajstić information content (AvgIpc) is 2.34. The Morgan fingerprint density at radius 1 is 1.42 bits per heavy atom. The summed E-state index contributed by atoms with van der Waals surface area (Å²) in [6.45, 7) is 8.53. The van der Waals surface area contributed by atoms with Crippen molar-refractivity contribution in [2.24, 2.45) is 11.1 Å². The highest BCUT2D eigenvalue weighted by Crippen LogP contribution is 2.21. The third-order valence-electron chi connectivity index (χ3n) is 3.26. The standard InChI is InChI=1S/C15H24N2O2/c1-10-6-7-11(8-12(10)19-5)14(18)17-13(9-16)15(2,3)4/h6-8,13H,9,16H2,1-5H3,(H,17,18).